The molecular formula is C14H26N2O2. The highest BCUT2D eigenvalue weighted by atomic mass is 16.2. The van der Waals surface area contributed by atoms with Crippen molar-refractivity contribution in [2.75, 3.05) is 0 Å². The number of nitrogens with one attached hydrogen (secondary N) is 2. The van der Waals surface area contributed by atoms with E-state index in [1.54, 1.807) is 0 Å². The Bertz CT molecular complexity index is 279. The second kappa shape index (κ2) is 8.11. The van der Waals surface area contributed by atoms with Gasteiger partial charge in [-0.2, -0.15) is 0 Å². The van der Waals surface area contributed by atoms with E-state index in [4.69, 9.17) is 0 Å². The molecule has 0 spiro atoms. The lowest BCUT2D eigenvalue weighted by molar-refractivity contribution is -0.131. The fourth-order valence-corrected chi connectivity index (χ4v) is 2.29. The summed E-state index contributed by atoms with van der Waals surface area (Å²) < 4.78 is 0. The van der Waals surface area contributed by atoms with Gasteiger partial charge >= 0.3 is 0 Å². The van der Waals surface area contributed by atoms with Crippen LogP contribution in [0.4, 0.5) is 0 Å². The minimum atomic E-state index is -0.315. The van der Waals surface area contributed by atoms with Gasteiger partial charge in [0.25, 0.3) is 0 Å². The third-order valence-corrected chi connectivity index (χ3v) is 3.43. The normalized spacial score (nSPS) is 21.2. The van der Waals surface area contributed by atoms with E-state index >= 15 is 0 Å². The molecule has 2 unspecified atom stereocenters. The van der Waals surface area contributed by atoms with Gasteiger partial charge in [-0.05, 0) is 26.2 Å². The van der Waals surface area contributed by atoms with Crippen LogP contribution in [0.5, 0.6) is 0 Å². The molecule has 1 rings (SSSR count). The van der Waals surface area contributed by atoms with Crippen molar-refractivity contribution in [2.24, 2.45) is 0 Å². The van der Waals surface area contributed by atoms with E-state index in [1.165, 1.54) is 19.3 Å². The lowest BCUT2D eigenvalue weighted by Crippen LogP contribution is -2.50. The van der Waals surface area contributed by atoms with Crippen molar-refractivity contribution in [3.63, 3.8) is 0 Å². The summed E-state index contributed by atoms with van der Waals surface area (Å²) >= 11 is 0. The Morgan fingerprint density at radius 3 is 2.89 bits per heavy atom. The Labute approximate surface area is 110 Å². The lowest BCUT2D eigenvalue weighted by atomic mass is 10.0. The molecule has 4 heteroatoms. The molecule has 4 nitrogen and oxygen atoms in total. The molecule has 0 aromatic heterocycles. The summed E-state index contributed by atoms with van der Waals surface area (Å²) in [4.78, 5) is 23.1. The first-order chi connectivity index (χ1) is 8.63. The molecule has 0 saturated carbocycles. The number of hydrogen-bond acceptors (Lipinski definition) is 2. The van der Waals surface area contributed by atoms with Crippen LogP contribution >= 0.6 is 0 Å². The summed E-state index contributed by atoms with van der Waals surface area (Å²) in [5.41, 5.74) is 0. The zero-order valence-electron chi connectivity index (χ0n) is 11.6. The molecule has 1 fully saturated rings. The molecular weight excluding hydrogens is 228 g/mol. The number of carbonyl (C=O) groups excluding carboxylic acids is 2. The van der Waals surface area contributed by atoms with Crippen LogP contribution in [-0.2, 0) is 9.59 Å². The molecule has 1 heterocycles. The summed E-state index contributed by atoms with van der Waals surface area (Å²) in [6.45, 7) is 4.23. The van der Waals surface area contributed by atoms with Crippen molar-refractivity contribution in [3.05, 3.63) is 0 Å². The largest absolute Gasteiger partial charge is 0.352 e. The maximum absolute atomic E-state index is 11.9. The maximum atomic E-state index is 11.9. The van der Waals surface area contributed by atoms with E-state index in [-0.39, 0.29) is 23.9 Å². The van der Waals surface area contributed by atoms with E-state index in [0.717, 1.165) is 25.7 Å². The lowest BCUT2D eigenvalue weighted by Gasteiger charge is -2.24. The van der Waals surface area contributed by atoms with Gasteiger partial charge in [0.15, 0.2) is 0 Å². The molecule has 0 aromatic carbocycles. The van der Waals surface area contributed by atoms with Gasteiger partial charge in [0.05, 0.1) is 0 Å². The average molecular weight is 254 g/mol. The van der Waals surface area contributed by atoms with E-state index in [9.17, 15) is 9.59 Å². The standard InChI is InChI=1S/C14H26N2O2/c1-3-4-5-6-8-11(2)15-14(18)12-9-7-10-13(17)16-12/h11-12H,3-10H2,1-2H3,(H,15,18)(H,16,17). The first-order valence-electron chi connectivity index (χ1n) is 7.23. The third kappa shape index (κ3) is 5.52. The van der Waals surface area contributed by atoms with Crippen molar-refractivity contribution >= 4 is 11.8 Å². The molecule has 2 N–H and O–H groups in total. The third-order valence-electron chi connectivity index (χ3n) is 3.43. The highest BCUT2D eigenvalue weighted by molar-refractivity contribution is 5.88. The Kier molecular flexibility index (Phi) is 6.76. The monoisotopic (exact) mass is 254 g/mol. The minimum absolute atomic E-state index is 0.00278. The van der Waals surface area contributed by atoms with Gasteiger partial charge in [-0.25, -0.2) is 0 Å². The maximum Gasteiger partial charge on any atom is 0.242 e. The van der Waals surface area contributed by atoms with E-state index in [1.807, 2.05) is 6.92 Å². The molecule has 0 aliphatic carbocycles. The topological polar surface area (TPSA) is 58.2 Å². The first kappa shape index (κ1) is 15.0. The van der Waals surface area contributed by atoms with Gasteiger partial charge in [-0.3, -0.25) is 9.59 Å². The first-order valence-corrected chi connectivity index (χ1v) is 7.23. The van der Waals surface area contributed by atoms with Crippen LogP contribution in [0.3, 0.4) is 0 Å². The van der Waals surface area contributed by atoms with Gasteiger partial charge in [0.1, 0.15) is 6.04 Å². The quantitative estimate of drug-likeness (QED) is 0.684. The van der Waals surface area contributed by atoms with E-state index in [2.05, 4.69) is 17.6 Å². The van der Waals surface area contributed by atoms with Crippen LogP contribution in [0.25, 0.3) is 0 Å². The van der Waals surface area contributed by atoms with Gasteiger partial charge in [0, 0.05) is 12.5 Å². The van der Waals surface area contributed by atoms with Crippen LogP contribution in [0, 0.1) is 0 Å². The van der Waals surface area contributed by atoms with Crippen LogP contribution in [0.15, 0.2) is 0 Å². The van der Waals surface area contributed by atoms with Gasteiger partial charge < -0.3 is 10.6 Å². The van der Waals surface area contributed by atoms with E-state index in [0.29, 0.717) is 6.42 Å². The number of amides is 2. The summed E-state index contributed by atoms with van der Waals surface area (Å²) in [5.74, 6) is -0.0250. The zero-order valence-corrected chi connectivity index (χ0v) is 11.6. The molecule has 2 amide bonds. The fourth-order valence-electron chi connectivity index (χ4n) is 2.29. The van der Waals surface area contributed by atoms with Crippen LogP contribution < -0.4 is 10.6 Å². The average Bonchev–Trinajstić information content (AvgIpc) is 2.34. The molecule has 1 aliphatic rings. The molecule has 1 saturated heterocycles. The number of unbranched alkanes of at least 4 members (excludes halogenated alkanes) is 3. The van der Waals surface area contributed by atoms with Crippen molar-refractivity contribution in [1.82, 2.24) is 10.6 Å². The Hall–Kier alpha value is -1.06. The molecule has 0 radical (unpaired) electrons. The second-order valence-corrected chi connectivity index (χ2v) is 5.27. The Morgan fingerprint density at radius 1 is 1.44 bits per heavy atom. The number of rotatable bonds is 7. The van der Waals surface area contributed by atoms with Crippen molar-refractivity contribution in [3.8, 4) is 0 Å². The summed E-state index contributed by atoms with van der Waals surface area (Å²) in [7, 11) is 0. The van der Waals surface area contributed by atoms with Crippen molar-refractivity contribution < 1.29 is 9.59 Å². The molecule has 1 aliphatic heterocycles. The summed E-state index contributed by atoms with van der Waals surface area (Å²) in [5, 5.41) is 5.74. The Balaban J connectivity index is 2.19. The Morgan fingerprint density at radius 2 is 2.22 bits per heavy atom. The smallest absolute Gasteiger partial charge is 0.242 e. The van der Waals surface area contributed by atoms with Crippen LogP contribution in [0.1, 0.15) is 65.2 Å². The SMILES string of the molecule is CCCCCCC(C)NC(=O)C1CCCC(=O)N1. The second-order valence-electron chi connectivity index (χ2n) is 5.27. The molecule has 0 aromatic rings. The molecule has 104 valence electrons. The summed E-state index contributed by atoms with van der Waals surface area (Å²) in [6.07, 6.45) is 8.04. The van der Waals surface area contributed by atoms with E-state index < -0.39 is 0 Å². The van der Waals surface area contributed by atoms with Gasteiger partial charge in [0.2, 0.25) is 11.8 Å². The highest BCUT2D eigenvalue weighted by Crippen LogP contribution is 2.09. The molecule has 2 atom stereocenters. The van der Waals surface area contributed by atoms with Gasteiger partial charge in [-0.1, -0.05) is 32.6 Å². The summed E-state index contributed by atoms with van der Waals surface area (Å²) in [6, 6.07) is -0.113. The van der Waals surface area contributed by atoms with Crippen molar-refractivity contribution in [2.45, 2.75) is 77.3 Å². The van der Waals surface area contributed by atoms with Crippen LogP contribution in [-0.4, -0.2) is 23.9 Å². The molecule has 0 bridgehead atoms. The molecule has 18 heavy (non-hydrogen) atoms. The fraction of sp³-hybridized carbons (Fsp3) is 0.857. The van der Waals surface area contributed by atoms with Gasteiger partial charge in [-0.15, -0.1) is 0 Å². The predicted molar refractivity (Wildman–Crippen MR) is 72.1 cm³/mol. The van der Waals surface area contributed by atoms with Crippen molar-refractivity contribution in [1.29, 1.82) is 0 Å². The number of piperidine rings is 1. The van der Waals surface area contributed by atoms with Crippen LogP contribution in [0.2, 0.25) is 0 Å². The highest BCUT2D eigenvalue weighted by Gasteiger charge is 2.25. The minimum Gasteiger partial charge on any atom is -0.352 e. The number of carbonyl (C=O) groups is 2. The predicted octanol–water partition coefficient (Wildman–Crippen LogP) is 2.13. The number of hydrogen-bond donors (Lipinski definition) is 2. The zero-order chi connectivity index (χ0) is 13.4.